The first-order valence-electron chi connectivity index (χ1n) is 4.16. The molecule has 0 spiro atoms. The second-order valence-electron chi connectivity index (χ2n) is 3.13. The van der Waals surface area contributed by atoms with Crippen LogP contribution in [0.1, 0.15) is 0 Å². The van der Waals surface area contributed by atoms with E-state index in [4.69, 9.17) is 49.4 Å². The minimum absolute atomic E-state index is 0.287. The van der Waals surface area contributed by atoms with Crippen molar-refractivity contribution in [2.75, 3.05) is 13.2 Å². The molecule has 1 aliphatic heterocycles. The first-order chi connectivity index (χ1) is 6.85. The number of halogens is 3. The highest BCUT2D eigenvalue weighted by molar-refractivity contribution is 6.67. The minimum atomic E-state index is -1.62. The molecule has 3 N–H and O–H groups in total. The van der Waals surface area contributed by atoms with Crippen LogP contribution in [0, 0.1) is 0 Å². The van der Waals surface area contributed by atoms with E-state index in [-0.39, 0.29) is 6.61 Å². The first-order valence-corrected chi connectivity index (χ1v) is 5.29. The first kappa shape index (κ1) is 13.7. The van der Waals surface area contributed by atoms with Crippen molar-refractivity contribution in [3.05, 3.63) is 0 Å². The largest absolute Gasteiger partial charge is 0.394 e. The van der Waals surface area contributed by atoms with E-state index >= 15 is 0 Å². The van der Waals surface area contributed by atoms with Gasteiger partial charge in [0.05, 0.1) is 13.2 Å². The summed E-state index contributed by atoms with van der Waals surface area (Å²) in [6.07, 6.45) is -4.47. The summed E-state index contributed by atoms with van der Waals surface area (Å²) < 4.78 is 8.31. The fourth-order valence-corrected chi connectivity index (χ4v) is 1.37. The fourth-order valence-electron chi connectivity index (χ4n) is 1.18. The molecule has 8 heteroatoms. The Kier molecular flexibility index (Phi) is 4.88. The number of hydrogen-bond donors (Lipinski definition) is 3. The van der Waals surface area contributed by atoms with Crippen LogP contribution < -0.4 is 0 Å². The zero-order valence-electron chi connectivity index (χ0n) is 7.52. The molecule has 0 saturated carbocycles. The van der Waals surface area contributed by atoms with Gasteiger partial charge in [0.1, 0.15) is 18.3 Å². The van der Waals surface area contributed by atoms with Gasteiger partial charge in [-0.3, -0.25) is 0 Å². The number of aliphatic hydroxyl groups is 3. The van der Waals surface area contributed by atoms with Gasteiger partial charge < -0.3 is 24.8 Å². The van der Waals surface area contributed by atoms with E-state index in [0.29, 0.717) is 0 Å². The Balaban J connectivity index is 2.44. The van der Waals surface area contributed by atoms with Gasteiger partial charge in [0.2, 0.25) is 3.79 Å². The van der Waals surface area contributed by atoms with E-state index in [1.54, 1.807) is 0 Å². The van der Waals surface area contributed by atoms with Gasteiger partial charge in [-0.2, -0.15) is 0 Å². The van der Waals surface area contributed by atoms with Crippen LogP contribution in [0.4, 0.5) is 0 Å². The summed E-state index contributed by atoms with van der Waals surface area (Å²) in [5.74, 6) is 0. The van der Waals surface area contributed by atoms with Gasteiger partial charge in [-0.05, 0) is 0 Å². The van der Waals surface area contributed by atoms with Crippen molar-refractivity contribution in [3.63, 3.8) is 0 Å². The lowest BCUT2D eigenvalue weighted by molar-refractivity contribution is -0.168. The molecule has 0 aromatic carbocycles. The molecule has 15 heavy (non-hydrogen) atoms. The highest BCUT2D eigenvalue weighted by atomic mass is 35.6. The van der Waals surface area contributed by atoms with E-state index in [1.807, 2.05) is 0 Å². The molecular weight excluding hydrogens is 270 g/mol. The average molecular weight is 282 g/mol. The maximum absolute atomic E-state index is 9.42. The molecule has 90 valence electrons. The molecule has 0 aromatic rings. The molecule has 0 bridgehead atoms. The SMILES string of the molecule is OC[C@H]1O[C@H](OCC(Cl)(Cl)Cl)[C@@H](O)[C@@H]1O. The molecule has 0 unspecified atom stereocenters. The van der Waals surface area contributed by atoms with Crippen molar-refractivity contribution in [2.45, 2.75) is 28.4 Å². The predicted octanol–water partition coefficient (Wildman–Crippen LogP) is -0.188. The van der Waals surface area contributed by atoms with Crippen molar-refractivity contribution < 1.29 is 24.8 Å². The van der Waals surface area contributed by atoms with Crippen LogP contribution in [0.15, 0.2) is 0 Å². The van der Waals surface area contributed by atoms with Crippen LogP contribution in [0.3, 0.4) is 0 Å². The van der Waals surface area contributed by atoms with Crippen molar-refractivity contribution in [2.24, 2.45) is 0 Å². The van der Waals surface area contributed by atoms with Crippen LogP contribution in [-0.4, -0.2) is 56.9 Å². The van der Waals surface area contributed by atoms with Gasteiger partial charge in [-0.1, -0.05) is 34.8 Å². The third kappa shape index (κ3) is 3.87. The number of rotatable bonds is 3. The van der Waals surface area contributed by atoms with Crippen LogP contribution in [0.5, 0.6) is 0 Å². The van der Waals surface area contributed by atoms with Crippen LogP contribution >= 0.6 is 34.8 Å². The molecule has 1 saturated heterocycles. The van der Waals surface area contributed by atoms with Gasteiger partial charge in [0.25, 0.3) is 0 Å². The summed E-state index contributed by atoms with van der Waals surface area (Å²) >= 11 is 16.3. The van der Waals surface area contributed by atoms with Gasteiger partial charge in [-0.25, -0.2) is 0 Å². The molecule has 1 heterocycles. The van der Waals surface area contributed by atoms with Crippen molar-refractivity contribution in [1.29, 1.82) is 0 Å². The minimum Gasteiger partial charge on any atom is -0.394 e. The topological polar surface area (TPSA) is 79.2 Å². The zero-order valence-corrected chi connectivity index (χ0v) is 9.78. The summed E-state index contributed by atoms with van der Waals surface area (Å²) in [7, 11) is 0. The smallest absolute Gasteiger partial charge is 0.213 e. The standard InChI is InChI=1S/C7H11Cl3O5/c8-7(9,10)2-14-6-5(13)4(12)3(1-11)15-6/h3-6,11-13H,1-2H2/t3-,4-,5+,6+/m1/s1. The Morgan fingerprint density at radius 2 is 1.80 bits per heavy atom. The maximum atomic E-state index is 9.42. The van der Waals surface area contributed by atoms with Gasteiger partial charge >= 0.3 is 0 Å². The van der Waals surface area contributed by atoms with Crippen molar-refractivity contribution in [1.82, 2.24) is 0 Å². The molecular formula is C7H11Cl3O5. The normalized spacial score (nSPS) is 37.2. The Morgan fingerprint density at radius 1 is 1.20 bits per heavy atom. The summed E-state index contributed by atoms with van der Waals surface area (Å²) in [5, 5.41) is 27.5. The summed E-state index contributed by atoms with van der Waals surface area (Å²) in [6.45, 7) is -0.712. The number of aliphatic hydroxyl groups excluding tert-OH is 3. The second kappa shape index (κ2) is 5.33. The third-order valence-electron chi connectivity index (χ3n) is 1.91. The highest BCUT2D eigenvalue weighted by Crippen LogP contribution is 2.29. The molecule has 0 amide bonds. The highest BCUT2D eigenvalue weighted by Gasteiger charge is 2.43. The molecule has 1 fully saturated rings. The van der Waals surface area contributed by atoms with E-state index in [2.05, 4.69) is 0 Å². The van der Waals surface area contributed by atoms with E-state index in [1.165, 1.54) is 0 Å². The van der Waals surface area contributed by atoms with Gasteiger partial charge in [-0.15, -0.1) is 0 Å². The Labute approximate surface area is 101 Å². The Hall–Kier alpha value is 0.670. The van der Waals surface area contributed by atoms with Crippen LogP contribution in [0.2, 0.25) is 0 Å². The van der Waals surface area contributed by atoms with E-state index in [9.17, 15) is 10.2 Å². The Morgan fingerprint density at radius 3 is 2.20 bits per heavy atom. The van der Waals surface area contributed by atoms with Gasteiger partial charge in [0.15, 0.2) is 6.29 Å². The quantitative estimate of drug-likeness (QED) is 0.625. The second-order valence-corrected chi connectivity index (χ2v) is 5.65. The zero-order chi connectivity index (χ0) is 11.6. The molecule has 0 radical (unpaired) electrons. The maximum Gasteiger partial charge on any atom is 0.213 e. The molecule has 4 atom stereocenters. The van der Waals surface area contributed by atoms with Crippen LogP contribution in [0.25, 0.3) is 0 Å². The molecule has 0 aromatic heterocycles. The monoisotopic (exact) mass is 280 g/mol. The average Bonchev–Trinajstić information content (AvgIpc) is 2.40. The van der Waals surface area contributed by atoms with E-state index < -0.39 is 35.0 Å². The lowest BCUT2D eigenvalue weighted by Gasteiger charge is -2.18. The summed E-state index contributed by atoms with van der Waals surface area (Å²) in [5.41, 5.74) is 0. The number of alkyl halides is 3. The lowest BCUT2D eigenvalue weighted by atomic mass is 10.1. The lowest BCUT2D eigenvalue weighted by Crippen LogP contribution is -2.35. The third-order valence-corrected chi connectivity index (χ3v) is 2.24. The summed E-state index contributed by atoms with van der Waals surface area (Å²) in [4.78, 5) is 0. The van der Waals surface area contributed by atoms with Crippen LogP contribution in [-0.2, 0) is 9.47 Å². The van der Waals surface area contributed by atoms with Gasteiger partial charge in [0, 0.05) is 0 Å². The van der Waals surface area contributed by atoms with E-state index in [0.717, 1.165) is 0 Å². The molecule has 0 aliphatic carbocycles. The molecule has 1 aliphatic rings. The number of hydrogen-bond acceptors (Lipinski definition) is 5. The molecule has 1 rings (SSSR count). The predicted molar refractivity (Wildman–Crippen MR) is 54.0 cm³/mol. The van der Waals surface area contributed by atoms with Crippen molar-refractivity contribution >= 4 is 34.8 Å². The van der Waals surface area contributed by atoms with Crippen molar-refractivity contribution in [3.8, 4) is 0 Å². The molecule has 5 nitrogen and oxygen atoms in total. The summed E-state index contributed by atoms with van der Waals surface area (Å²) in [6, 6.07) is 0. The fraction of sp³-hybridized carbons (Fsp3) is 1.00. The number of ether oxygens (including phenoxy) is 2. The Bertz CT molecular complexity index is 209.